The smallest absolute Gasteiger partial charge is 0.235 e. The number of hydrogen-bond acceptors (Lipinski definition) is 6. The van der Waals surface area contributed by atoms with Crippen LogP contribution in [-0.4, -0.2) is 54.7 Å². The van der Waals surface area contributed by atoms with E-state index in [0.29, 0.717) is 31.3 Å². The molecule has 0 aromatic carbocycles. The first-order valence-electron chi connectivity index (χ1n) is 7.55. The fourth-order valence-corrected chi connectivity index (χ4v) is 4.08. The predicted molar refractivity (Wildman–Crippen MR) is 82.5 cm³/mol. The molecule has 1 aromatic heterocycles. The van der Waals surface area contributed by atoms with Gasteiger partial charge >= 0.3 is 0 Å². The second-order valence-corrected chi connectivity index (χ2v) is 7.40. The zero-order valence-electron chi connectivity index (χ0n) is 13.1. The summed E-state index contributed by atoms with van der Waals surface area (Å²) in [5, 5.41) is 0. The Balaban J connectivity index is 1.98. The molecule has 1 aliphatic rings. The molecule has 7 nitrogen and oxygen atoms in total. The lowest BCUT2D eigenvalue weighted by atomic mass is 10.1. The Hall–Kier alpha value is -1.41. The molecule has 2 rings (SSSR count). The van der Waals surface area contributed by atoms with Crippen LogP contribution in [0.4, 0.5) is 0 Å². The van der Waals surface area contributed by atoms with Crippen LogP contribution in [0.2, 0.25) is 0 Å². The maximum Gasteiger partial charge on any atom is 0.235 e. The summed E-state index contributed by atoms with van der Waals surface area (Å²) >= 11 is 0. The molecule has 0 N–H and O–H groups in total. The lowest BCUT2D eigenvalue weighted by Gasteiger charge is -2.31. The third-order valence-electron chi connectivity index (χ3n) is 3.58. The van der Waals surface area contributed by atoms with Crippen LogP contribution < -0.4 is 9.47 Å². The van der Waals surface area contributed by atoms with Crippen molar-refractivity contribution in [2.24, 2.45) is 0 Å². The summed E-state index contributed by atoms with van der Waals surface area (Å²) in [6.45, 7) is 2.92. The highest BCUT2D eigenvalue weighted by Gasteiger charge is 2.29. The highest BCUT2D eigenvalue weighted by atomic mass is 32.2. The summed E-state index contributed by atoms with van der Waals surface area (Å²) < 4.78 is 36.8. The third-order valence-corrected chi connectivity index (χ3v) is 5.50. The van der Waals surface area contributed by atoms with Gasteiger partial charge in [-0.15, -0.1) is 0 Å². The van der Waals surface area contributed by atoms with E-state index in [0.717, 1.165) is 19.3 Å². The number of ether oxygens (including phenoxy) is 2. The van der Waals surface area contributed by atoms with Gasteiger partial charge in [0.05, 0.1) is 31.8 Å². The first-order valence-corrected chi connectivity index (χ1v) is 9.16. The molecule has 1 unspecified atom stereocenters. The van der Waals surface area contributed by atoms with Gasteiger partial charge < -0.3 is 9.47 Å². The molecule has 2 heterocycles. The molecule has 8 heteroatoms. The summed E-state index contributed by atoms with van der Waals surface area (Å²) in [6, 6.07) is 0. The highest BCUT2D eigenvalue weighted by molar-refractivity contribution is 7.89. The normalized spacial score (nSPS) is 19.8. The SMILES string of the molecule is CCCCS(=O)(=O)N1CCCC(Oc2cncc(OC)n2)C1. The second kappa shape index (κ2) is 7.73. The molecule has 1 atom stereocenters. The summed E-state index contributed by atoms with van der Waals surface area (Å²) in [7, 11) is -1.68. The average molecular weight is 329 g/mol. The molecule has 0 bridgehead atoms. The van der Waals surface area contributed by atoms with Crippen LogP contribution in [0.15, 0.2) is 12.4 Å². The third kappa shape index (κ3) is 4.54. The van der Waals surface area contributed by atoms with Crippen molar-refractivity contribution in [3.63, 3.8) is 0 Å². The molecule has 1 aliphatic heterocycles. The van der Waals surface area contributed by atoms with Crippen LogP contribution in [0.5, 0.6) is 11.8 Å². The van der Waals surface area contributed by atoms with Gasteiger partial charge in [0.1, 0.15) is 6.10 Å². The standard InChI is InChI=1S/C14H23N3O4S/c1-3-4-8-22(18,19)17-7-5-6-12(11-17)21-14-10-15-9-13(16-14)20-2/h9-10,12H,3-8,11H2,1-2H3. The topological polar surface area (TPSA) is 81.6 Å². The van der Waals surface area contributed by atoms with Gasteiger partial charge in [-0.3, -0.25) is 4.98 Å². The Labute approximate surface area is 131 Å². The molecule has 22 heavy (non-hydrogen) atoms. The number of piperidine rings is 1. The van der Waals surface area contributed by atoms with Crippen molar-refractivity contribution in [2.45, 2.75) is 38.7 Å². The lowest BCUT2D eigenvalue weighted by Crippen LogP contribution is -2.45. The van der Waals surface area contributed by atoms with Gasteiger partial charge in [-0.2, -0.15) is 9.29 Å². The summed E-state index contributed by atoms with van der Waals surface area (Å²) in [6.07, 6.45) is 5.94. The second-order valence-electron chi connectivity index (χ2n) is 5.31. The van der Waals surface area contributed by atoms with E-state index in [1.807, 2.05) is 6.92 Å². The Morgan fingerprint density at radius 1 is 1.36 bits per heavy atom. The maximum absolute atomic E-state index is 12.3. The number of aromatic nitrogens is 2. The van der Waals surface area contributed by atoms with E-state index < -0.39 is 10.0 Å². The van der Waals surface area contributed by atoms with Crippen molar-refractivity contribution in [2.75, 3.05) is 26.0 Å². The van der Waals surface area contributed by atoms with E-state index in [1.165, 1.54) is 23.8 Å². The molecule has 0 aliphatic carbocycles. The zero-order chi connectivity index (χ0) is 16.0. The molecule has 0 saturated carbocycles. The van der Waals surface area contributed by atoms with Gasteiger partial charge in [0.25, 0.3) is 0 Å². The van der Waals surface area contributed by atoms with Crippen LogP contribution >= 0.6 is 0 Å². The number of hydrogen-bond donors (Lipinski definition) is 0. The predicted octanol–water partition coefficient (Wildman–Crippen LogP) is 1.46. The van der Waals surface area contributed by atoms with Gasteiger partial charge in [-0.25, -0.2) is 8.42 Å². The quantitative estimate of drug-likeness (QED) is 0.753. The van der Waals surface area contributed by atoms with Crippen molar-refractivity contribution in [3.05, 3.63) is 12.4 Å². The molecule has 1 fully saturated rings. The summed E-state index contributed by atoms with van der Waals surface area (Å²) in [4.78, 5) is 8.13. The van der Waals surface area contributed by atoms with E-state index in [4.69, 9.17) is 9.47 Å². The Bertz CT molecular complexity index is 579. The van der Waals surface area contributed by atoms with E-state index >= 15 is 0 Å². The number of unbranched alkanes of at least 4 members (excludes halogenated alkanes) is 1. The first-order chi connectivity index (χ1) is 10.5. The highest BCUT2D eigenvalue weighted by Crippen LogP contribution is 2.20. The number of methoxy groups -OCH3 is 1. The number of rotatable bonds is 7. The summed E-state index contributed by atoms with van der Waals surface area (Å²) in [5.41, 5.74) is 0. The fraction of sp³-hybridized carbons (Fsp3) is 0.714. The van der Waals surface area contributed by atoms with Crippen molar-refractivity contribution >= 4 is 10.0 Å². The van der Waals surface area contributed by atoms with Gasteiger partial charge in [0.2, 0.25) is 21.8 Å². The zero-order valence-corrected chi connectivity index (χ0v) is 13.9. The molecule has 0 radical (unpaired) electrons. The minimum Gasteiger partial charge on any atom is -0.480 e. The number of sulfonamides is 1. The van der Waals surface area contributed by atoms with Gasteiger partial charge in [-0.1, -0.05) is 13.3 Å². The van der Waals surface area contributed by atoms with Gasteiger partial charge in [0.15, 0.2) is 0 Å². The Morgan fingerprint density at radius 3 is 2.86 bits per heavy atom. The monoisotopic (exact) mass is 329 g/mol. The fourth-order valence-electron chi connectivity index (χ4n) is 2.37. The molecule has 1 saturated heterocycles. The minimum absolute atomic E-state index is 0.202. The minimum atomic E-state index is -3.19. The summed E-state index contributed by atoms with van der Waals surface area (Å²) in [5.74, 6) is 0.938. The van der Waals surface area contributed by atoms with Crippen LogP contribution in [0.25, 0.3) is 0 Å². The maximum atomic E-state index is 12.3. The largest absolute Gasteiger partial charge is 0.480 e. The van der Waals surface area contributed by atoms with E-state index in [2.05, 4.69) is 9.97 Å². The van der Waals surface area contributed by atoms with E-state index in [1.54, 1.807) is 0 Å². The van der Waals surface area contributed by atoms with Crippen molar-refractivity contribution in [1.29, 1.82) is 0 Å². The Morgan fingerprint density at radius 2 is 2.14 bits per heavy atom. The molecule has 124 valence electrons. The van der Waals surface area contributed by atoms with Gasteiger partial charge in [0, 0.05) is 6.54 Å². The van der Waals surface area contributed by atoms with Crippen LogP contribution in [0, 0.1) is 0 Å². The van der Waals surface area contributed by atoms with Gasteiger partial charge in [-0.05, 0) is 19.3 Å². The number of nitrogens with zero attached hydrogens (tertiary/aromatic N) is 3. The molecule has 0 spiro atoms. The van der Waals surface area contributed by atoms with Crippen LogP contribution in [0.1, 0.15) is 32.6 Å². The van der Waals surface area contributed by atoms with E-state index in [-0.39, 0.29) is 11.9 Å². The first kappa shape index (κ1) is 17.0. The average Bonchev–Trinajstić information content (AvgIpc) is 2.53. The van der Waals surface area contributed by atoms with Crippen LogP contribution in [0.3, 0.4) is 0 Å². The molecule has 1 aromatic rings. The lowest BCUT2D eigenvalue weighted by molar-refractivity contribution is 0.123. The Kier molecular flexibility index (Phi) is 5.96. The van der Waals surface area contributed by atoms with Crippen LogP contribution in [-0.2, 0) is 10.0 Å². The molecular weight excluding hydrogens is 306 g/mol. The van der Waals surface area contributed by atoms with Crippen molar-refractivity contribution < 1.29 is 17.9 Å². The van der Waals surface area contributed by atoms with Crippen molar-refractivity contribution in [3.8, 4) is 11.8 Å². The molecule has 0 amide bonds. The molecular formula is C14H23N3O4S. The van der Waals surface area contributed by atoms with Crippen molar-refractivity contribution in [1.82, 2.24) is 14.3 Å². The van der Waals surface area contributed by atoms with E-state index in [9.17, 15) is 8.42 Å².